The van der Waals surface area contributed by atoms with Crippen molar-refractivity contribution in [2.24, 2.45) is 0 Å². The molecule has 0 aromatic rings. The van der Waals surface area contributed by atoms with E-state index in [1.807, 2.05) is 0 Å². The van der Waals surface area contributed by atoms with Gasteiger partial charge in [-0.3, -0.25) is 0 Å². The Bertz CT molecular complexity index is 46.9. The zero-order chi connectivity index (χ0) is 4.12. The van der Waals surface area contributed by atoms with Gasteiger partial charge in [0.25, 0.3) is 0 Å². The molecule has 0 aliphatic heterocycles. The van der Waals surface area contributed by atoms with Gasteiger partial charge in [0.15, 0.2) is 0 Å². The average Bonchev–Trinajstić information content (AvgIpc) is 1.41. The zero-order valence-corrected chi connectivity index (χ0v) is 4.30. The third-order valence-corrected chi connectivity index (χ3v) is 0.494. The molecule has 2 heteroatoms. The molecule has 5 heavy (non-hydrogen) atoms. The van der Waals surface area contributed by atoms with Crippen molar-refractivity contribution in [1.82, 2.24) is 0 Å². The van der Waals surface area contributed by atoms with Crippen molar-refractivity contribution in [2.45, 2.75) is 0 Å². The fraction of sp³-hybridized carbons (Fsp3) is 0. The SMILES string of the molecule is S=CC=CS. The lowest BCUT2D eigenvalue weighted by molar-refractivity contribution is 2.49. The number of allylic oxidation sites excluding steroid dienone is 1. The second-order valence-electron chi connectivity index (χ2n) is 0.478. The average molecular weight is 104 g/mol. The van der Waals surface area contributed by atoms with E-state index in [4.69, 9.17) is 0 Å². The van der Waals surface area contributed by atoms with Crippen molar-refractivity contribution in [2.75, 3.05) is 0 Å². The van der Waals surface area contributed by atoms with Gasteiger partial charge in [0.05, 0.1) is 0 Å². The number of rotatable bonds is 1. The van der Waals surface area contributed by atoms with Crippen LogP contribution in [0.5, 0.6) is 0 Å². The third-order valence-electron chi connectivity index (χ3n) is 0.165. The minimum Gasteiger partial charge on any atom is -0.151 e. The van der Waals surface area contributed by atoms with Crippen LogP contribution in [0.4, 0.5) is 0 Å². The number of thiol groups is 1. The Balaban J connectivity index is 2.92. The summed E-state index contributed by atoms with van der Waals surface area (Å²) >= 11 is 8.11. The van der Waals surface area contributed by atoms with E-state index in [0.29, 0.717) is 0 Å². The molecule has 0 nitrogen and oxygen atoms in total. The van der Waals surface area contributed by atoms with Crippen molar-refractivity contribution in [3.63, 3.8) is 0 Å². The molecule has 0 N–H and O–H groups in total. The Hall–Kier alpha value is 0.180. The van der Waals surface area contributed by atoms with Crippen LogP contribution in [0.2, 0.25) is 0 Å². The first-order chi connectivity index (χ1) is 2.41. The van der Waals surface area contributed by atoms with Crippen molar-refractivity contribution in [3.8, 4) is 0 Å². The summed E-state index contributed by atoms with van der Waals surface area (Å²) in [5, 5.41) is 3.10. The molecule has 0 aromatic heterocycles. The van der Waals surface area contributed by atoms with Crippen molar-refractivity contribution in [3.05, 3.63) is 11.5 Å². The van der Waals surface area contributed by atoms with Crippen molar-refractivity contribution >= 4 is 30.2 Å². The lowest BCUT2D eigenvalue weighted by atomic mass is 10.8. The normalized spacial score (nSPS) is 9.00. The van der Waals surface area contributed by atoms with E-state index in [1.54, 1.807) is 11.5 Å². The molecule has 0 heterocycles. The van der Waals surface area contributed by atoms with Crippen LogP contribution in [0.1, 0.15) is 0 Å². The van der Waals surface area contributed by atoms with Gasteiger partial charge in [-0.15, -0.1) is 0 Å². The first-order valence-electron chi connectivity index (χ1n) is 1.16. The molecule has 0 atom stereocenters. The maximum absolute atomic E-state index is 4.39. The Kier molecular flexibility index (Phi) is 4.33. The molecule has 0 aromatic carbocycles. The van der Waals surface area contributed by atoms with Gasteiger partial charge in [0.2, 0.25) is 0 Å². The van der Waals surface area contributed by atoms with Gasteiger partial charge in [0.1, 0.15) is 0 Å². The predicted octanol–water partition coefficient (Wildman–Crippen LogP) is 1.43. The molecule has 0 aliphatic rings. The van der Waals surface area contributed by atoms with Crippen LogP contribution in [0.3, 0.4) is 0 Å². The summed E-state index contributed by atoms with van der Waals surface area (Å²) in [5.41, 5.74) is 0. The second kappa shape index (κ2) is 4.18. The summed E-state index contributed by atoms with van der Waals surface area (Å²) in [6, 6.07) is 0. The van der Waals surface area contributed by atoms with E-state index in [0.717, 1.165) is 0 Å². The molecule has 0 amide bonds. The number of hydrogen-bond acceptors (Lipinski definition) is 2. The molecule has 0 radical (unpaired) electrons. The van der Waals surface area contributed by atoms with Crippen LogP contribution in [0, 0.1) is 0 Å². The lowest BCUT2D eigenvalue weighted by Gasteiger charge is -1.53. The van der Waals surface area contributed by atoms with Gasteiger partial charge >= 0.3 is 0 Å². The van der Waals surface area contributed by atoms with E-state index in [1.165, 1.54) is 5.37 Å². The molecule has 0 rings (SSSR count). The fourth-order valence-corrected chi connectivity index (χ4v) is 0.316. The van der Waals surface area contributed by atoms with Gasteiger partial charge in [0, 0.05) is 5.37 Å². The van der Waals surface area contributed by atoms with Gasteiger partial charge in [-0.05, 0) is 11.5 Å². The van der Waals surface area contributed by atoms with Gasteiger partial charge < -0.3 is 0 Å². The first kappa shape index (κ1) is 5.18. The topological polar surface area (TPSA) is 0 Å². The number of hydrogen-bond donors (Lipinski definition) is 1. The van der Waals surface area contributed by atoms with Crippen LogP contribution >= 0.6 is 24.8 Å². The van der Waals surface area contributed by atoms with E-state index in [9.17, 15) is 0 Å². The molecule has 0 unspecified atom stereocenters. The molecular formula is C3H4S2. The molecule has 0 spiro atoms. The van der Waals surface area contributed by atoms with E-state index in [2.05, 4.69) is 24.8 Å². The molecule has 0 bridgehead atoms. The van der Waals surface area contributed by atoms with Crippen LogP contribution in [0.15, 0.2) is 11.5 Å². The Morgan fingerprint density at radius 3 is 2.20 bits per heavy atom. The third kappa shape index (κ3) is 4.18. The van der Waals surface area contributed by atoms with E-state index in [-0.39, 0.29) is 0 Å². The largest absolute Gasteiger partial charge is 0.151 e. The zero-order valence-electron chi connectivity index (χ0n) is 2.59. The smallest absolute Gasteiger partial charge is 0.00185 e. The summed E-state index contributed by atoms with van der Waals surface area (Å²) in [6.07, 6.45) is 1.68. The second-order valence-corrected chi connectivity index (χ2v) is 1.05. The van der Waals surface area contributed by atoms with Gasteiger partial charge in [-0.25, -0.2) is 0 Å². The highest BCUT2D eigenvalue weighted by molar-refractivity contribution is 7.83. The molecular weight excluding hydrogens is 100 g/mol. The van der Waals surface area contributed by atoms with Crippen molar-refractivity contribution < 1.29 is 0 Å². The van der Waals surface area contributed by atoms with Crippen LogP contribution in [-0.4, -0.2) is 5.37 Å². The van der Waals surface area contributed by atoms with Crippen LogP contribution in [-0.2, 0) is 0 Å². The standard InChI is InChI=1S/C3H4S2/c4-2-1-3-5/h1-4H. The minimum absolute atomic E-state index is 1.51. The quantitative estimate of drug-likeness (QED) is 0.298. The maximum Gasteiger partial charge on any atom is 0.00185 e. The highest BCUT2D eigenvalue weighted by atomic mass is 32.1. The Labute approximate surface area is 42.3 Å². The molecule has 28 valence electrons. The first-order valence-corrected chi connectivity index (χ1v) is 2.15. The monoisotopic (exact) mass is 104 g/mol. The maximum atomic E-state index is 4.39. The molecule has 0 saturated heterocycles. The summed E-state index contributed by atoms with van der Waals surface area (Å²) in [5.74, 6) is 0. The summed E-state index contributed by atoms with van der Waals surface area (Å²) in [7, 11) is 0. The lowest BCUT2D eigenvalue weighted by Crippen LogP contribution is -1.42. The van der Waals surface area contributed by atoms with Crippen molar-refractivity contribution in [1.29, 1.82) is 0 Å². The Morgan fingerprint density at radius 2 is 2.20 bits per heavy atom. The number of thiocarbonyl (C=S) groups is 1. The minimum atomic E-state index is 1.51. The predicted molar refractivity (Wildman–Crippen MR) is 31.8 cm³/mol. The summed E-state index contributed by atoms with van der Waals surface area (Å²) in [4.78, 5) is 0. The summed E-state index contributed by atoms with van der Waals surface area (Å²) < 4.78 is 0. The van der Waals surface area contributed by atoms with Gasteiger partial charge in [-0.2, -0.15) is 12.6 Å². The fourth-order valence-electron chi connectivity index (χ4n) is 0.0351. The molecule has 0 fully saturated rings. The molecule has 0 aliphatic carbocycles. The van der Waals surface area contributed by atoms with Crippen LogP contribution in [0.25, 0.3) is 0 Å². The van der Waals surface area contributed by atoms with E-state index >= 15 is 0 Å². The van der Waals surface area contributed by atoms with Crippen LogP contribution < -0.4 is 0 Å². The van der Waals surface area contributed by atoms with E-state index < -0.39 is 0 Å². The summed E-state index contributed by atoms with van der Waals surface area (Å²) in [6.45, 7) is 0. The Morgan fingerprint density at radius 1 is 1.60 bits per heavy atom. The van der Waals surface area contributed by atoms with Gasteiger partial charge in [-0.1, -0.05) is 12.2 Å². The highest BCUT2D eigenvalue weighted by Crippen LogP contribution is 1.69. The molecule has 0 saturated carbocycles. The highest BCUT2D eigenvalue weighted by Gasteiger charge is 1.44.